The summed E-state index contributed by atoms with van der Waals surface area (Å²) in [6.07, 6.45) is 6.60. The molecule has 5 nitrogen and oxygen atoms in total. The molecule has 1 aliphatic heterocycles. The largest absolute Gasteiger partial charge is 0.366 e. The normalized spacial score (nSPS) is 22.3. The Kier molecular flexibility index (Phi) is 3.01. The van der Waals surface area contributed by atoms with Crippen molar-refractivity contribution in [3.05, 3.63) is 18.0 Å². The first-order chi connectivity index (χ1) is 7.27. The van der Waals surface area contributed by atoms with E-state index in [1.807, 2.05) is 4.68 Å². The van der Waals surface area contributed by atoms with E-state index in [0.717, 1.165) is 32.4 Å². The molecule has 1 amide bonds. The number of hydrogen-bond donors (Lipinski definition) is 2. The van der Waals surface area contributed by atoms with Crippen LogP contribution in [-0.2, 0) is 0 Å². The fraction of sp³-hybridized carbons (Fsp3) is 0.600. The van der Waals surface area contributed by atoms with Crippen LogP contribution < -0.4 is 11.1 Å². The van der Waals surface area contributed by atoms with Gasteiger partial charge in [-0.1, -0.05) is 0 Å². The smallest absolute Gasteiger partial charge is 0.251 e. The van der Waals surface area contributed by atoms with Gasteiger partial charge in [0, 0.05) is 6.20 Å². The minimum atomic E-state index is -0.409. The van der Waals surface area contributed by atoms with E-state index >= 15 is 0 Å². The van der Waals surface area contributed by atoms with Crippen LogP contribution in [0.4, 0.5) is 0 Å². The number of aromatic nitrogens is 2. The maximum absolute atomic E-state index is 10.9. The van der Waals surface area contributed by atoms with E-state index in [1.54, 1.807) is 12.4 Å². The standard InChI is InChI=1S/C10H16N4O/c11-10(15)8-6-13-14(7-8)9-2-1-4-12-5-3-9/h6-7,9,12H,1-5H2,(H2,11,15)/t9-/m0/s1. The summed E-state index contributed by atoms with van der Waals surface area (Å²) in [6.45, 7) is 2.08. The highest BCUT2D eigenvalue weighted by molar-refractivity contribution is 5.92. The van der Waals surface area contributed by atoms with Crippen molar-refractivity contribution >= 4 is 5.91 Å². The van der Waals surface area contributed by atoms with Crippen molar-refractivity contribution in [1.82, 2.24) is 15.1 Å². The van der Waals surface area contributed by atoms with Crippen LogP contribution in [0, 0.1) is 0 Å². The molecule has 15 heavy (non-hydrogen) atoms. The summed E-state index contributed by atoms with van der Waals surface area (Å²) in [7, 11) is 0. The summed E-state index contributed by atoms with van der Waals surface area (Å²) < 4.78 is 1.87. The van der Waals surface area contributed by atoms with Crippen LogP contribution >= 0.6 is 0 Å². The molecule has 3 N–H and O–H groups in total. The number of amides is 1. The molecule has 2 heterocycles. The summed E-state index contributed by atoms with van der Waals surface area (Å²) in [6, 6.07) is 0.396. The van der Waals surface area contributed by atoms with Crippen molar-refractivity contribution in [3.8, 4) is 0 Å². The van der Waals surface area contributed by atoms with E-state index in [1.165, 1.54) is 0 Å². The van der Waals surface area contributed by atoms with Crippen molar-refractivity contribution in [2.45, 2.75) is 25.3 Å². The van der Waals surface area contributed by atoms with E-state index in [0.29, 0.717) is 11.6 Å². The molecule has 1 fully saturated rings. The van der Waals surface area contributed by atoms with Crippen LogP contribution in [0.2, 0.25) is 0 Å². The van der Waals surface area contributed by atoms with Gasteiger partial charge in [-0.15, -0.1) is 0 Å². The Bertz CT molecular complexity index is 339. The van der Waals surface area contributed by atoms with Gasteiger partial charge in [-0.3, -0.25) is 9.48 Å². The Morgan fingerprint density at radius 3 is 3.13 bits per heavy atom. The van der Waals surface area contributed by atoms with Gasteiger partial charge in [0.15, 0.2) is 0 Å². The van der Waals surface area contributed by atoms with E-state index in [2.05, 4.69) is 10.4 Å². The van der Waals surface area contributed by atoms with Crippen LogP contribution in [0.1, 0.15) is 35.7 Å². The fourth-order valence-electron chi connectivity index (χ4n) is 1.93. The molecule has 0 radical (unpaired) electrons. The van der Waals surface area contributed by atoms with Gasteiger partial charge >= 0.3 is 0 Å². The van der Waals surface area contributed by atoms with Crippen LogP contribution in [-0.4, -0.2) is 28.8 Å². The summed E-state index contributed by atoms with van der Waals surface area (Å²) in [4.78, 5) is 10.9. The lowest BCUT2D eigenvalue weighted by Gasteiger charge is -2.13. The summed E-state index contributed by atoms with van der Waals surface area (Å²) >= 11 is 0. The SMILES string of the molecule is NC(=O)c1cnn([C@H]2CCCNCC2)c1. The second kappa shape index (κ2) is 4.44. The third-order valence-electron chi connectivity index (χ3n) is 2.81. The first-order valence-electron chi connectivity index (χ1n) is 5.32. The van der Waals surface area contributed by atoms with Gasteiger partial charge in [0.25, 0.3) is 5.91 Å². The second-order valence-electron chi connectivity index (χ2n) is 3.91. The van der Waals surface area contributed by atoms with Crippen molar-refractivity contribution in [2.75, 3.05) is 13.1 Å². The molecule has 1 aromatic heterocycles. The summed E-state index contributed by atoms with van der Waals surface area (Å²) in [5.41, 5.74) is 5.68. The molecule has 1 aliphatic rings. The molecular weight excluding hydrogens is 192 g/mol. The Hall–Kier alpha value is -1.36. The maximum Gasteiger partial charge on any atom is 0.251 e. The Labute approximate surface area is 88.6 Å². The number of carbonyl (C=O) groups excluding carboxylic acids is 1. The number of hydrogen-bond acceptors (Lipinski definition) is 3. The number of rotatable bonds is 2. The highest BCUT2D eigenvalue weighted by atomic mass is 16.1. The van der Waals surface area contributed by atoms with Crippen molar-refractivity contribution < 1.29 is 4.79 Å². The van der Waals surface area contributed by atoms with E-state index in [4.69, 9.17) is 5.73 Å². The van der Waals surface area contributed by atoms with Gasteiger partial charge in [-0.05, 0) is 32.4 Å². The van der Waals surface area contributed by atoms with Gasteiger partial charge in [-0.25, -0.2) is 0 Å². The van der Waals surface area contributed by atoms with Crippen molar-refractivity contribution in [1.29, 1.82) is 0 Å². The van der Waals surface area contributed by atoms with Gasteiger partial charge < -0.3 is 11.1 Å². The average Bonchev–Trinajstić information content (AvgIpc) is 2.55. The number of carbonyl (C=O) groups is 1. The highest BCUT2D eigenvalue weighted by Gasteiger charge is 2.15. The lowest BCUT2D eigenvalue weighted by molar-refractivity contribution is 0.1000. The maximum atomic E-state index is 10.9. The van der Waals surface area contributed by atoms with Crippen LogP contribution in [0.3, 0.4) is 0 Å². The number of nitrogens with zero attached hydrogens (tertiary/aromatic N) is 2. The van der Waals surface area contributed by atoms with Gasteiger partial charge in [0.05, 0.1) is 17.8 Å². The molecule has 1 atom stereocenters. The van der Waals surface area contributed by atoms with Gasteiger partial charge in [0.1, 0.15) is 0 Å². The molecule has 0 aliphatic carbocycles. The average molecular weight is 208 g/mol. The molecule has 0 aromatic carbocycles. The molecular formula is C10H16N4O. The fourth-order valence-corrected chi connectivity index (χ4v) is 1.93. The topological polar surface area (TPSA) is 72.9 Å². The van der Waals surface area contributed by atoms with Gasteiger partial charge in [-0.2, -0.15) is 5.10 Å². The van der Waals surface area contributed by atoms with Crippen molar-refractivity contribution in [3.63, 3.8) is 0 Å². The zero-order valence-electron chi connectivity index (χ0n) is 8.65. The molecule has 82 valence electrons. The quantitative estimate of drug-likeness (QED) is 0.734. The predicted molar refractivity (Wildman–Crippen MR) is 56.5 cm³/mol. The molecule has 0 bridgehead atoms. The molecule has 2 rings (SSSR count). The third kappa shape index (κ3) is 2.36. The molecule has 0 unspecified atom stereocenters. The number of nitrogens with one attached hydrogen (secondary N) is 1. The zero-order chi connectivity index (χ0) is 10.7. The van der Waals surface area contributed by atoms with E-state index < -0.39 is 5.91 Å². The van der Waals surface area contributed by atoms with Gasteiger partial charge in [0.2, 0.25) is 0 Å². The van der Waals surface area contributed by atoms with Crippen LogP contribution in [0.5, 0.6) is 0 Å². The second-order valence-corrected chi connectivity index (χ2v) is 3.91. The number of nitrogens with two attached hydrogens (primary N) is 1. The van der Waals surface area contributed by atoms with E-state index in [-0.39, 0.29) is 0 Å². The summed E-state index contributed by atoms with van der Waals surface area (Å²) in [5, 5.41) is 7.53. The Morgan fingerprint density at radius 1 is 1.53 bits per heavy atom. The van der Waals surface area contributed by atoms with Crippen molar-refractivity contribution in [2.24, 2.45) is 5.73 Å². The zero-order valence-corrected chi connectivity index (χ0v) is 8.65. The Morgan fingerprint density at radius 2 is 2.40 bits per heavy atom. The minimum absolute atomic E-state index is 0.396. The monoisotopic (exact) mass is 208 g/mol. The first-order valence-corrected chi connectivity index (χ1v) is 5.32. The lowest BCUT2D eigenvalue weighted by atomic mass is 10.1. The predicted octanol–water partition coefficient (Wildman–Crippen LogP) is 0.297. The third-order valence-corrected chi connectivity index (χ3v) is 2.81. The van der Waals surface area contributed by atoms with Crippen LogP contribution in [0.15, 0.2) is 12.4 Å². The molecule has 0 saturated carbocycles. The molecule has 1 aromatic rings. The summed E-state index contributed by atoms with van der Waals surface area (Å²) in [5.74, 6) is -0.409. The highest BCUT2D eigenvalue weighted by Crippen LogP contribution is 2.19. The lowest BCUT2D eigenvalue weighted by Crippen LogP contribution is -2.15. The molecule has 0 spiro atoms. The molecule has 5 heteroatoms. The first kappa shape index (κ1) is 10.2. The van der Waals surface area contributed by atoms with E-state index in [9.17, 15) is 4.79 Å². The Balaban J connectivity index is 2.10. The minimum Gasteiger partial charge on any atom is -0.366 e. The molecule has 1 saturated heterocycles. The number of primary amides is 1. The van der Waals surface area contributed by atoms with Crippen LogP contribution in [0.25, 0.3) is 0 Å².